The Labute approximate surface area is 193 Å². The summed E-state index contributed by atoms with van der Waals surface area (Å²) in [5, 5.41) is 11.1. The molecule has 0 amide bonds. The Morgan fingerprint density at radius 2 is 2.03 bits per heavy atom. The number of hydrogen-bond acceptors (Lipinski definition) is 7. The number of nitrogens with zero attached hydrogens (tertiary/aromatic N) is 4. The second-order valence-corrected chi connectivity index (χ2v) is 8.31. The van der Waals surface area contributed by atoms with Crippen LogP contribution in [-0.2, 0) is 24.3 Å². The molecule has 3 aromatic rings. The Morgan fingerprint density at radius 3 is 2.68 bits per heavy atom. The maximum absolute atomic E-state index is 13.5. The number of esters is 1. The minimum absolute atomic E-state index is 0.0464. The number of carbonyl (C=O) groups is 1. The first-order valence-electron chi connectivity index (χ1n) is 11.0. The number of benzene rings is 1. The van der Waals surface area contributed by atoms with Crippen LogP contribution in [0.3, 0.4) is 0 Å². The van der Waals surface area contributed by atoms with Gasteiger partial charge in [-0.05, 0) is 18.4 Å². The molecule has 0 aliphatic carbocycles. The third-order valence-electron chi connectivity index (χ3n) is 5.14. The van der Waals surface area contributed by atoms with Gasteiger partial charge in [0.15, 0.2) is 11.2 Å². The molecule has 0 aliphatic heterocycles. The van der Waals surface area contributed by atoms with Crippen molar-refractivity contribution in [1.29, 1.82) is 0 Å². The number of imidazole rings is 1. The first-order chi connectivity index (χ1) is 16.1. The summed E-state index contributed by atoms with van der Waals surface area (Å²) in [4.78, 5) is 54.6. The number of H-pyrrole nitrogens is 1. The van der Waals surface area contributed by atoms with E-state index < -0.39 is 39.4 Å². The number of nitro benzene ring substituents is 1. The maximum Gasteiger partial charge on any atom is 0.330 e. The molecule has 2 aromatic heterocycles. The molecule has 2 heterocycles. The smallest absolute Gasteiger partial charge is 0.330 e. The number of carbonyl (C=O) groups excluding carboxylic acids is 1. The van der Waals surface area contributed by atoms with E-state index in [0.29, 0.717) is 25.3 Å². The summed E-state index contributed by atoms with van der Waals surface area (Å²) < 4.78 is 21.6. The molecule has 0 unspecified atom stereocenters. The topological polar surface area (TPSA) is 142 Å². The van der Waals surface area contributed by atoms with Crippen molar-refractivity contribution >= 4 is 22.8 Å². The molecule has 0 radical (unpaired) electrons. The monoisotopic (exact) mass is 475 g/mol. The number of hydrogen-bond donors (Lipinski definition) is 1. The van der Waals surface area contributed by atoms with Crippen LogP contribution in [0.2, 0.25) is 0 Å². The molecule has 1 N–H and O–H groups in total. The molecule has 0 fully saturated rings. The maximum atomic E-state index is 13.5. The normalized spacial score (nSPS) is 11.3. The third-order valence-corrected chi connectivity index (χ3v) is 5.14. The lowest BCUT2D eigenvalue weighted by atomic mass is 10.2. The highest BCUT2D eigenvalue weighted by Crippen LogP contribution is 2.28. The van der Waals surface area contributed by atoms with Crippen LogP contribution in [-0.4, -0.2) is 30.0 Å². The van der Waals surface area contributed by atoms with E-state index in [-0.39, 0.29) is 29.9 Å². The number of unbranched alkanes of at least 4 members (excludes halogenated alkanes) is 1. The molecule has 3 rings (SSSR count). The van der Waals surface area contributed by atoms with E-state index >= 15 is 0 Å². The van der Waals surface area contributed by atoms with Gasteiger partial charge in [0, 0.05) is 31.6 Å². The predicted octanol–water partition coefficient (Wildman–Crippen LogP) is 2.93. The average Bonchev–Trinajstić information content (AvgIpc) is 3.09. The van der Waals surface area contributed by atoms with E-state index in [1.807, 2.05) is 20.8 Å². The summed E-state index contributed by atoms with van der Waals surface area (Å²) in [7, 11) is 0. The lowest BCUT2D eigenvalue weighted by molar-refractivity contribution is -0.385. The largest absolute Gasteiger partial charge is 0.419 e. The number of aromatic nitrogens is 4. The summed E-state index contributed by atoms with van der Waals surface area (Å²) in [6.07, 6.45) is 1.37. The second-order valence-electron chi connectivity index (χ2n) is 8.31. The number of aryl methyl sites for hydroxylation is 2. The van der Waals surface area contributed by atoms with Crippen LogP contribution in [0.5, 0.6) is 5.75 Å². The molecule has 0 saturated heterocycles. The molecule has 11 nitrogen and oxygen atoms in total. The zero-order valence-electron chi connectivity index (χ0n) is 19.2. The van der Waals surface area contributed by atoms with Crippen LogP contribution in [0.25, 0.3) is 11.2 Å². The standard InChI is InChI=1S/C22H26FN5O6/c1-4-5-10-26-20-19(21(30)25-22(26)31)27(12-13(2)3)17(24-20)8-9-18(29)34-16-11-14(23)6-7-15(16)28(32)33/h6-7,11,13H,4-5,8-10,12H2,1-3H3,(H,25,30,31). The molecular weight excluding hydrogens is 449 g/mol. The van der Waals surface area contributed by atoms with E-state index in [1.165, 1.54) is 4.57 Å². The molecular formula is C22H26FN5O6. The highest BCUT2D eigenvalue weighted by Gasteiger charge is 2.22. The van der Waals surface area contributed by atoms with E-state index in [2.05, 4.69) is 9.97 Å². The number of nitrogens with one attached hydrogen (secondary N) is 1. The quantitative estimate of drug-likeness (QED) is 0.206. The van der Waals surface area contributed by atoms with Crippen molar-refractivity contribution in [2.24, 2.45) is 5.92 Å². The average molecular weight is 475 g/mol. The van der Waals surface area contributed by atoms with Gasteiger partial charge >= 0.3 is 17.3 Å². The molecule has 0 bridgehead atoms. The summed E-state index contributed by atoms with van der Waals surface area (Å²) >= 11 is 0. The van der Waals surface area contributed by atoms with Gasteiger partial charge in [0.05, 0.1) is 11.3 Å². The molecule has 182 valence electrons. The highest BCUT2D eigenvalue weighted by atomic mass is 19.1. The van der Waals surface area contributed by atoms with Crippen molar-refractivity contribution < 1.29 is 18.8 Å². The number of fused-ring (bicyclic) bond motifs is 1. The minimum Gasteiger partial charge on any atom is -0.419 e. The SMILES string of the molecule is CCCCn1c(=O)[nH]c(=O)c2c1nc(CCC(=O)Oc1cc(F)ccc1[N+](=O)[O-])n2CC(C)C. The lowest BCUT2D eigenvalue weighted by Crippen LogP contribution is -2.31. The Balaban J connectivity index is 1.94. The minimum atomic E-state index is -0.825. The van der Waals surface area contributed by atoms with E-state index in [0.717, 1.165) is 24.6 Å². The number of ether oxygens (including phenoxy) is 1. The highest BCUT2D eigenvalue weighted by molar-refractivity contribution is 5.75. The summed E-state index contributed by atoms with van der Waals surface area (Å²) in [5.41, 5.74) is -1.16. The van der Waals surface area contributed by atoms with Gasteiger partial charge in [0.25, 0.3) is 5.56 Å². The molecule has 0 spiro atoms. The van der Waals surface area contributed by atoms with Crippen LogP contribution < -0.4 is 16.0 Å². The zero-order chi connectivity index (χ0) is 25.0. The van der Waals surface area contributed by atoms with Crippen molar-refractivity contribution in [2.75, 3.05) is 0 Å². The van der Waals surface area contributed by atoms with E-state index in [1.54, 1.807) is 4.57 Å². The van der Waals surface area contributed by atoms with Gasteiger partial charge in [-0.2, -0.15) is 0 Å². The lowest BCUT2D eigenvalue weighted by Gasteiger charge is -2.11. The Morgan fingerprint density at radius 1 is 1.29 bits per heavy atom. The molecule has 1 aromatic carbocycles. The van der Waals surface area contributed by atoms with Crippen LogP contribution in [0.15, 0.2) is 27.8 Å². The van der Waals surface area contributed by atoms with Crippen LogP contribution in [0, 0.1) is 21.8 Å². The van der Waals surface area contributed by atoms with Crippen molar-refractivity contribution in [2.45, 2.75) is 59.5 Å². The molecule has 0 atom stereocenters. The number of rotatable bonds is 10. The Bertz CT molecular complexity index is 1340. The van der Waals surface area contributed by atoms with Crippen LogP contribution in [0.1, 0.15) is 45.9 Å². The van der Waals surface area contributed by atoms with Crippen LogP contribution >= 0.6 is 0 Å². The summed E-state index contributed by atoms with van der Waals surface area (Å²) in [5.74, 6) is -1.56. The fraction of sp³-hybridized carbons (Fsp3) is 0.455. The Hall–Kier alpha value is -3.83. The van der Waals surface area contributed by atoms with Crippen molar-refractivity contribution in [3.8, 4) is 5.75 Å². The van der Waals surface area contributed by atoms with Gasteiger partial charge in [-0.15, -0.1) is 0 Å². The number of nitro groups is 1. The first kappa shape index (κ1) is 24.8. The zero-order valence-corrected chi connectivity index (χ0v) is 19.2. The Kier molecular flexibility index (Phi) is 7.59. The van der Waals surface area contributed by atoms with E-state index in [9.17, 15) is 28.9 Å². The van der Waals surface area contributed by atoms with Gasteiger partial charge in [-0.25, -0.2) is 14.2 Å². The molecule has 34 heavy (non-hydrogen) atoms. The van der Waals surface area contributed by atoms with E-state index in [4.69, 9.17) is 4.74 Å². The van der Waals surface area contributed by atoms with Crippen molar-refractivity contribution in [3.63, 3.8) is 0 Å². The number of halogens is 1. The molecule has 0 aliphatic rings. The van der Waals surface area contributed by atoms with Crippen molar-refractivity contribution in [1.82, 2.24) is 19.1 Å². The van der Waals surface area contributed by atoms with Crippen LogP contribution in [0.4, 0.5) is 10.1 Å². The van der Waals surface area contributed by atoms with Gasteiger partial charge in [-0.1, -0.05) is 27.2 Å². The van der Waals surface area contributed by atoms with Gasteiger partial charge in [0.2, 0.25) is 5.75 Å². The third kappa shape index (κ3) is 5.38. The summed E-state index contributed by atoms with van der Waals surface area (Å²) in [6, 6.07) is 2.59. The van der Waals surface area contributed by atoms with Gasteiger partial charge in [-0.3, -0.25) is 29.3 Å². The number of aromatic amines is 1. The second kappa shape index (κ2) is 10.4. The molecule has 12 heteroatoms. The predicted molar refractivity (Wildman–Crippen MR) is 121 cm³/mol. The van der Waals surface area contributed by atoms with Gasteiger partial charge in [0.1, 0.15) is 11.6 Å². The molecule has 0 saturated carbocycles. The fourth-order valence-corrected chi connectivity index (χ4v) is 3.60. The summed E-state index contributed by atoms with van der Waals surface area (Å²) in [6.45, 7) is 6.69. The first-order valence-corrected chi connectivity index (χ1v) is 11.0. The van der Waals surface area contributed by atoms with Gasteiger partial charge < -0.3 is 9.30 Å². The van der Waals surface area contributed by atoms with Crippen molar-refractivity contribution in [3.05, 3.63) is 60.8 Å². The fourth-order valence-electron chi connectivity index (χ4n) is 3.60.